The third-order valence-corrected chi connectivity index (χ3v) is 7.70. The predicted octanol–water partition coefficient (Wildman–Crippen LogP) is 3.32. The van der Waals surface area contributed by atoms with Gasteiger partial charge in [-0.1, -0.05) is 23.7 Å². The van der Waals surface area contributed by atoms with Crippen LogP contribution < -0.4 is 4.90 Å². The molecule has 3 aliphatic heterocycles. The molecular formula is C24H27ClF3N5O3. The molecule has 0 radical (unpaired) electrons. The number of hydrogen-bond donors (Lipinski definition) is 1. The highest BCUT2D eigenvalue weighted by Crippen LogP contribution is 2.49. The first-order valence-corrected chi connectivity index (χ1v) is 12.0. The van der Waals surface area contributed by atoms with Gasteiger partial charge < -0.3 is 14.9 Å². The lowest BCUT2D eigenvalue weighted by atomic mass is 9.75. The standard InChI is InChI=1S/C22H26ClN5O.C2HF3O2/c1-26-20(29)18-14-28(21-24-9-2-10-25-21)15-19(18)22(26)7-11-27(12-8-22)13-16-3-5-17(23)6-4-16;3-2(4,5)1(6)7/h2-6,9-10,18-19H,7-8,11-15H2,1H3;(H,6,7)/t18-,19+;/m0./s1. The summed E-state index contributed by atoms with van der Waals surface area (Å²) in [6.45, 7) is 4.54. The zero-order chi connectivity index (χ0) is 26.1. The average Bonchev–Trinajstić information content (AvgIpc) is 3.38. The molecule has 2 aromatic rings. The summed E-state index contributed by atoms with van der Waals surface area (Å²) >= 11 is 6.01. The highest BCUT2D eigenvalue weighted by atomic mass is 35.5. The number of benzene rings is 1. The van der Waals surface area contributed by atoms with Gasteiger partial charge in [-0.15, -0.1) is 0 Å². The zero-order valence-electron chi connectivity index (χ0n) is 19.7. The van der Waals surface area contributed by atoms with E-state index in [1.807, 2.05) is 25.2 Å². The Morgan fingerprint density at radius 2 is 1.72 bits per heavy atom. The van der Waals surface area contributed by atoms with Crippen molar-refractivity contribution in [3.8, 4) is 0 Å². The molecule has 0 unspecified atom stereocenters. The maximum Gasteiger partial charge on any atom is 0.490 e. The molecule has 1 N–H and O–H groups in total. The molecule has 194 valence electrons. The van der Waals surface area contributed by atoms with Gasteiger partial charge in [0.1, 0.15) is 0 Å². The first kappa shape index (κ1) is 26.2. The van der Waals surface area contributed by atoms with Gasteiger partial charge in [-0.05, 0) is 36.6 Å². The molecule has 0 bridgehead atoms. The minimum atomic E-state index is -5.08. The lowest BCUT2D eigenvalue weighted by molar-refractivity contribution is -0.192. The number of carboxylic acids is 1. The molecule has 8 nitrogen and oxygen atoms in total. The Morgan fingerprint density at radius 3 is 2.28 bits per heavy atom. The van der Waals surface area contributed by atoms with Gasteiger partial charge in [0.15, 0.2) is 0 Å². The molecule has 1 aromatic heterocycles. The van der Waals surface area contributed by atoms with Crippen LogP contribution in [-0.2, 0) is 16.1 Å². The number of anilines is 1. The number of fused-ring (bicyclic) bond motifs is 2. The molecule has 0 saturated carbocycles. The molecule has 1 spiro atoms. The van der Waals surface area contributed by atoms with Crippen LogP contribution in [0, 0.1) is 11.8 Å². The second kappa shape index (κ2) is 10.2. The van der Waals surface area contributed by atoms with Gasteiger partial charge in [0, 0.05) is 63.1 Å². The summed E-state index contributed by atoms with van der Waals surface area (Å²) < 4.78 is 31.7. The lowest BCUT2D eigenvalue weighted by Crippen LogP contribution is -2.55. The molecule has 5 rings (SSSR count). The first-order valence-electron chi connectivity index (χ1n) is 11.6. The average molecular weight is 526 g/mol. The number of amides is 1. The number of hydrogen-bond acceptors (Lipinski definition) is 6. The SMILES string of the molecule is CN1C(=O)[C@H]2CN(c3ncccn3)C[C@H]2C12CCN(Cc1ccc(Cl)cc1)CC2.O=C(O)C(F)(F)F. The monoisotopic (exact) mass is 525 g/mol. The molecule has 12 heteroatoms. The molecule has 1 aromatic carbocycles. The van der Waals surface area contributed by atoms with Crippen LogP contribution in [0.25, 0.3) is 0 Å². The quantitative estimate of drug-likeness (QED) is 0.657. The van der Waals surface area contributed by atoms with Crippen molar-refractivity contribution in [3.63, 3.8) is 0 Å². The van der Waals surface area contributed by atoms with Crippen LogP contribution >= 0.6 is 11.6 Å². The van der Waals surface area contributed by atoms with E-state index < -0.39 is 12.1 Å². The van der Waals surface area contributed by atoms with Crippen molar-refractivity contribution in [2.45, 2.75) is 31.1 Å². The first-order chi connectivity index (χ1) is 17.0. The Morgan fingerprint density at radius 1 is 1.14 bits per heavy atom. The van der Waals surface area contributed by atoms with E-state index in [0.717, 1.165) is 56.5 Å². The number of alkyl halides is 3. The zero-order valence-corrected chi connectivity index (χ0v) is 20.4. The third kappa shape index (κ3) is 5.27. The normalized spacial score (nSPS) is 23.4. The number of halogens is 4. The van der Waals surface area contributed by atoms with Gasteiger partial charge in [-0.2, -0.15) is 13.2 Å². The van der Waals surface area contributed by atoms with Crippen molar-refractivity contribution < 1.29 is 27.9 Å². The number of carbonyl (C=O) groups is 2. The van der Waals surface area contributed by atoms with Gasteiger partial charge in [0.25, 0.3) is 0 Å². The highest BCUT2D eigenvalue weighted by Gasteiger charge is 2.60. The number of aromatic nitrogens is 2. The Hall–Kier alpha value is -2.92. The molecule has 4 heterocycles. The summed E-state index contributed by atoms with van der Waals surface area (Å²) in [7, 11) is 2.01. The minimum Gasteiger partial charge on any atom is -0.475 e. The molecule has 36 heavy (non-hydrogen) atoms. The summed E-state index contributed by atoms with van der Waals surface area (Å²) in [4.78, 5) is 37.5. The van der Waals surface area contributed by atoms with Gasteiger partial charge in [0.2, 0.25) is 11.9 Å². The van der Waals surface area contributed by atoms with Crippen LogP contribution in [0.3, 0.4) is 0 Å². The smallest absolute Gasteiger partial charge is 0.475 e. The minimum absolute atomic E-state index is 0.0399. The van der Waals surface area contributed by atoms with E-state index in [9.17, 15) is 18.0 Å². The van der Waals surface area contributed by atoms with Crippen molar-refractivity contribution in [3.05, 3.63) is 53.3 Å². The molecule has 3 aliphatic rings. The van der Waals surface area contributed by atoms with E-state index in [1.54, 1.807) is 12.4 Å². The maximum atomic E-state index is 13.1. The molecule has 2 atom stereocenters. The van der Waals surface area contributed by atoms with E-state index in [1.165, 1.54) is 5.56 Å². The van der Waals surface area contributed by atoms with Gasteiger partial charge in [-0.25, -0.2) is 14.8 Å². The maximum absolute atomic E-state index is 13.1. The Labute approximate surface area is 211 Å². The fourth-order valence-electron chi connectivity index (χ4n) is 5.59. The van der Waals surface area contributed by atoms with Crippen molar-refractivity contribution in [1.82, 2.24) is 19.8 Å². The van der Waals surface area contributed by atoms with Gasteiger partial charge in [0.05, 0.1) is 11.5 Å². The van der Waals surface area contributed by atoms with Crippen molar-refractivity contribution in [2.24, 2.45) is 11.8 Å². The molecule has 3 fully saturated rings. The Bertz CT molecular complexity index is 1080. The van der Waals surface area contributed by atoms with E-state index in [-0.39, 0.29) is 11.5 Å². The van der Waals surface area contributed by atoms with Crippen molar-refractivity contribution >= 4 is 29.4 Å². The number of carboxylic acid groups (broad SMARTS) is 1. The van der Waals surface area contributed by atoms with Crippen LogP contribution in [0.5, 0.6) is 0 Å². The molecule has 0 aliphatic carbocycles. The molecule has 3 saturated heterocycles. The Kier molecular flexibility index (Phi) is 7.42. The second-order valence-corrected chi connectivity index (χ2v) is 9.81. The molecular weight excluding hydrogens is 499 g/mol. The van der Waals surface area contributed by atoms with E-state index in [0.29, 0.717) is 11.8 Å². The summed E-state index contributed by atoms with van der Waals surface area (Å²) in [5.74, 6) is -1.31. The largest absolute Gasteiger partial charge is 0.490 e. The van der Waals surface area contributed by atoms with Crippen LogP contribution in [0.15, 0.2) is 42.7 Å². The number of rotatable bonds is 3. The fraction of sp³-hybridized carbons (Fsp3) is 0.500. The third-order valence-electron chi connectivity index (χ3n) is 7.44. The summed E-state index contributed by atoms with van der Waals surface area (Å²) in [6, 6.07) is 9.94. The van der Waals surface area contributed by atoms with Crippen molar-refractivity contribution in [2.75, 3.05) is 38.1 Å². The number of aliphatic carboxylic acids is 1. The number of piperidine rings is 1. The number of likely N-dealkylation sites (tertiary alicyclic amines) is 2. The van der Waals surface area contributed by atoms with Crippen LogP contribution in [-0.4, -0.2) is 81.7 Å². The van der Waals surface area contributed by atoms with Gasteiger partial charge in [-0.3, -0.25) is 9.69 Å². The highest BCUT2D eigenvalue weighted by molar-refractivity contribution is 6.30. The fourth-order valence-corrected chi connectivity index (χ4v) is 5.71. The van der Waals surface area contributed by atoms with E-state index >= 15 is 0 Å². The van der Waals surface area contributed by atoms with E-state index in [4.69, 9.17) is 21.5 Å². The number of carbonyl (C=O) groups excluding carboxylic acids is 1. The Balaban J connectivity index is 0.000000384. The predicted molar refractivity (Wildman–Crippen MR) is 126 cm³/mol. The van der Waals surface area contributed by atoms with E-state index in [2.05, 4.69) is 36.8 Å². The topological polar surface area (TPSA) is 89.9 Å². The number of nitrogens with zero attached hydrogens (tertiary/aromatic N) is 5. The van der Waals surface area contributed by atoms with Crippen LogP contribution in [0.2, 0.25) is 5.02 Å². The van der Waals surface area contributed by atoms with Gasteiger partial charge >= 0.3 is 12.1 Å². The summed E-state index contributed by atoms with van der Waals surface area (Å²) in [5.41, 5.74) is 1.24. The second-order valence-electron chi connectivity index (χ2n) is 9.37. The summed E-state index contributed by atoms with van der Waals surface area (Å²) in [5, 5.41) is 7.90. The van der Waals surface area contributed by atoms with Crippen molar-refractivity contribution in [1.29, 1.82) is 0 Å². The molecule has 1 amide bonds. The lowest BCUT2D eigenvalue weighted by Gasteiger charge is -2.46. The van der Waals surface area contributed by atoms with Crippen LogP contribution in [0.1, 0.15) is 18.4 Å². The van der Waals surface area contributed by atoms with Crippen LogP contribution in [0.4, 0.5) is 19.1 Å². The summed E-state index contributed by atoms with van der Waals surface area (Å²) in [6.07, 6.45) is 0.506.